The highest BCUT2D eigenvalue weighted by Gasteiger charge is 2.26. The van der Waals surface area contributed by atoms with Gasteiger partial charge >= 0.3 is 0 Å². The van der Waals surface area contributed by atoms with Gasteiger partial charge in [0.15, 0.2) is 5.88 Å². The van der Waals surface area contributed by atoms with Crippen LogP contribution in [0, 0.1) is 11.3 Å². The SMILES string of the molecule is C=C(OC(C)C)N1CC(C=N)C1. The molecule has 0 saturated carbocycles. The molecule has 0 amide bonds. The van der Waals surface area contributed by atoms with Crippen molar-refractivity contribution in [1.82, 2.24) is 4.90 Å². The van der Waals surface area contributed by atoms with Crippen LogP contribution in [0.4, 0.5) is 0 Å². The van der Waals surface area contributed by atoms with E-state index in [1.807, 2.05) is 13.8 Å². The van der Waals surface area contributed by atoms with Gasteiger partial charge in [0.1, 0.15) is 0 Å². The topological polar surface area (TPSA) is 36.3 Å². The lowest BCUT2D eigenvalue weighted by Gasteiger charge is -2.39. The maximum absolute atomic E-state index is 7.01. The lowest BCUT2D eigenvalue weighted by atomic mass is 10.0. The van der Waals surface area contributed by atoms with Crippen LogP contribution in [-0.4, -0.2) is 30.3 Å². The second kappa shape index (κ2) is 3.61. The fourth-order valence-electron chi connectivity index (χ4n) is 1.17. The molecular weight excluding hydrogens is 152 g/mol. The minimum atomic E-state index is 0.191. The quantitative estimate of drug-likeness (QED) is 0.509. The zero-order chi connectivity index (χ0) is 9.14. The molecule has 3 nitrogen and oxygen atoms in total. The number of rotatable bonds is 4. The second-order valence-electron chi connectivity index (χ2n) is 3.39. The second-order valence-corrected chi connectivity index (χ2v) is 3.39. The van der Waals surface area contributed by atoms with E-state index < -0.39 is 0 Å². The molecule has 1 fully saturated rings. The van der Waals surface area contributed by atoms with Gasteiger partial charge in [-0.25, -0.2) is 0 Å². The smallest absolute Gasteiger partial charge is 0.182 e. The Kier molecular flexibility index (Phi) is 2.74. The van der Waals surface area contributed by atoms with E-state index in [-0.39, 0.29) is 6.10 Å². The summed E-state index contributed by atoms with van der Waals surface area (Å²) < 4.78 is 5.40. The molecule has 0 aliphatic carbocycles. The fraction of sp³-hybridized carbons (Fsp3) is 0.667. The molecule has 1 saturated heterocycles. The van der Waals surface area contributed by atoms with Crippen molar-refractivity contribution in [3.05, 3.63) is 12.5 Å². The van der Waals surface area contributed by atoms with Crippen LogP contribution in [0.5, 0.6) is 0 Å². The van der Waals surface area contributed by atoms with Gasteiger partial charge in [-0.05, 0) is 20.4 Å². The number of likely N-dealkylation sites (tertiary alicyclic amines) is 1. The van der Waals surface area contributed by atoms with Crippen LogP contribution in [0.15, 0.2) is 12.5 Å². The highest BCUT2D eigenvalue weighted by atomic mass is 16.5. The summed E-state index contributed by atoms with van der Waals surface area (Å²) in [5.41, 5.74) is 0. The standard InChI is InChI=1S/C9H16N2O/c1-7(2)12-8(3)11-5-9(4-10)6-11/h4,7,9-10H,3,5-6H2,1-2H3. The van der Waals surface area contributed by atoms with E-state index in [9.17, 15) is 0 Å². The first-order valence-electron chi connectivity index (χ1n) is 4.24. The Morgan fingerprint density at radius 2 is 2.25 bits per heavy atom. The van der Waals surface area contributed by atoms with E-state index in [1.54, 1.807) is 0 Å². The molecule has 1 N–H and O–H groups in total. The van der Waals surface area contributed by atoms with Gasteiger partial charge in [0.25, 0.3) is 0 Å². The van der Waals surface area contributed by atoms with Crippen molar-refractivity contribution in [1.29, 1.82) is 5.41 Å². The van der Waals surface area contributed by atoms with E-state index >= 15 is 0 Å². The Morgan fingerprint density at radius 1 is 1.67 bits per heavy atom. The van der Waals surface area contributed by atoms with Crippen molar-refractivity contribution in [2.45, 2.75) is 20.0 Å². The molecule has 12 heavy (non-hydrogen) atoms. The number of ether oxygens (including phenoxy) is 1. The summed E-state index contributed by atoms with van der Waals surface area (Å²) in [5, 5.41) is 7.01. The zero-order valence-electron chi connectivity index (χ0n) is 7.71. The molecule has 0 spiro atoms. The summed E-state index contributed by atoms with van der Waals surface area (Å²) in [6, 6.07) is 0. The van der Waals surface area contributed by atoms with Crippen LogP contribution in [0.1, 0.15) is 13.8 Å². The monoisotopic (exact) mass is 168 g/mol. The molecule has 1 heterocycles. The van der Waals surface area contributed by atoms with E-state index in [2.05, 4.69) is 11.5 Å². The zero-order valence-corrected chi connectivity index (χ0v) is 7.71. The van der Waals surface area contributed by atoms with Crippen molar-refractivity contribution in [2.75, 3.05) is 13.1 Å². The predicted octanol–water partition coefficient (Wildman–Crippen LogP) is 1.46. The number of nitrogens with zero attached hydrogens (tertiary/aromatic N) is 1. The molecule has 0 aromatic carbocycles. The maximum atomic E-state index is 7.01. The van der Waals surface area contributed by atoms with Gasteiger partial charge in [0.05, 0.1) is 6.10 Å². The normalized spacial score (nSPS) is 17.4. The Hall–Kier alpha value is -0.990. The Morgan fingerprint density at radius 3 is 2.67 bits per heavy atom. The lowest BCUT2D eigenvalue weighted by Crippen LogP contribution is -2.46. The average Bonchev–Trinajstić information content (AvgIpc) is 1.82. The highest BCUT2D eigenvalue weighted by Crippen LogP contribution is 2.19. The first-order valence-corrected chi connectivity index (χ1v) is 4.24. The third kappa shape index (κ3) is 2.00. The van der Waals surface area contributed by atoms with Gasteiger partial charge in [0, 0.05) is 25.2 Å². The molecule has 1 rings (SSSR count). The molecule has 0 atom stereocenters. The first kappa shape index (κ1) is 9.10. The molecule has 0 aromatic heterocycles. The van der Waals surface area contributed by atoms with E-state index in [0.29, 0.717) is 5.92 Å². The minimum absolute atomic E-state index is 0.191. The first-order chi connectivity index (χ1) is 5.63. The summed E-state index contributed by atoms with van der Waals surface area (Å²) in [5.74, 6) is 1.14. The van der Waals surface area contributed by atoms with Crippen molar-refractivity contribution in [3.8, 4) is 0 Å². The molecule has 0 bridgehead atoms. The molecule has 68 valence electrons. The summed E-state index contributed by atoms with van der Waals surface area (Å²) in [6.45, 7) is 9.55. The van der Waals surface area contributed by atoms with Crippen molar-refractivity contribution in [2.24, 2.45) is 5.92 Å². The van der Waals surface area contributed by atoms with Crippen LogP contribution in [-0.2, 0) is 4.74 Å². The van der Waals surface area contributed by atoms with Gasteiger partial charge in [-0.1, -0.05) is 0 Å². The summed E-state index contributed by atoms with van der Waals surface area (Å²) in [7, 11) is 0. The van der Waals surface area contributed by atoms with Crippen LogP contribution in [0.3, 0.4) is 0 Å². The average molecular weight is 168 g/mol. The summed E-state index contributed by atoms with van der Waals surface area (Å²) in [6.07, 6.45) is 1.68. The fourth-order valence-corrected chi connectivity index (χ4v) is 1.17. The molecule has 3 heteroatoms. The third-order valence-electron chi connectivity index (χ3n) is 1.87. The van der Waals surface area contributed by atoms with Crippen LogP contribution >= 0.6 is 0 Å². The Labute approximate surface area is 73.5 Å². The predicted molar refractivity (Wildman–Crippen MR) is 49.2 cm³/mol. The summed E-state index contributed by atoms with van der Waals surface area (Å²) >= 11 is 0. The third-order valence-corrected chi connectivity index (χ3v) is 1.87. The highest BCUT2D eigenvalue weighted by molar-refractivity contribution is 5.59. The minimum Gasteiger partial charge on any atom is -0.477 e. The lowest BCUT2D eigenvalue weighted by molar-refractivity contribution is 0.0332. The van der Waals surface area contributed by atoms with Gasteiger partial charge < -0.3 is 15.0 Å². The van der Waals surface area contributed by atoms with E-state index in [1.165, 1.54) is 6.21 Å². The molecule has 1 aliphatic heterocycles. The number of nitrogens with one attached hydrogen (secondary N) is 1. The molecule has 0 aromatic rings. The summed E-state index contributed by atoms with van der Waals surface area (Å²) in [4.78, 5) is 2.05. The van der Waals surface area contributed by atoms with Crippen molar-refractivity contribution in [3.63, 3.8) is 0 Å². The number of hydrogen-bond acceptors (Lipinski definition) is 3. The molecule has 0 unspecified atom stereocenters. The van der Waals surface area contributed by atoms with Crippen molar-refractivity contribution < 1.29 is 4.74 Å². The maximum Gasteiger partial charge on any atom is 0.182 e. The van der Waals surface area contributed by atoms with Crippen LogP contribution < -0.4 is 0 Å². The van der Waals surface area contributed by atoms with Gasteiger partial charge in [-0.15, -0.1) is 0 Å². The van der Waals surface area contributed by atoms with Gasteiger partial charge in [-0.2, -0.15) is 0 Å². The molecule has 1 aliphatic rings. The van der Waals surface area contributed by atoms with E-state index in [0.717, 1.165) is 19.0 Å². The Bertz CT molecular complexity index is 183. The van der Waals surface area contributed by atoms with Crippen molar-refractivity contribution >= 4 is 6.21 Å². The van der Waals surface area contributed by atoms with Gasteiger partial charge in [0.2, 0.25) is 0 Å². The van der Waals surface area contributed by atoms with Crippen LogP contribution in [0.25, 0.3) is 0 Å². The number of hydrogen-bond donors (Lipinski definition) is 1. The van der Waals surface area contributed by atoms with Gasteiger partial charge in [-0.3, -0.25) is 0 Å². The molecular formula is C9H16N2O. The molecule has 0 radical (unpaired) electrons. The Balaban J connectivity index is 2.23. The van der Waals surface area contributed by atoms with E-state index in [4.69, 9.17) is 10.1 Å². The van der Waals surface area contributed by atoms with Crippen LogP contribution in [0.2, 0.25) is 0 Å². The largest absolute Gasteiger partial charge is 0.477 e.